The molecule has 7 heteroatoms. The molecule has 0 radical (unpaired) electrons. The molecule has 0 atom stereocenters. The molecule has 2 rings (SSSR count). The first-order valence-corrected chi connectivity index (χ1v) is 5.32. The lowest BCUT2D eigenvalue weighted by atomic mass is 10.1. The van der Waals surface area contributed by atoms with Crippen LogP contribution >= 0.6 is 11.3 Å². The van der Waals surface area contributed by atoms with Gasteiger partial charge in [0.2, 0.25) is 0 Å². The summed E-state index contributed by atoms with van der Waals surface area (Å²) in [6, 6.07) is 0. The first-order chi connectivity index (χ1) is 7.42. The third kappa shape index (κ3) is 1.67. The average Bonchev–Trinajstić information content (AvgIpc) is 2.70. The number of carbonyl (C=O) groups is 1. The first kappa shape index (κ1) is 11.0. The van der Waals surface area contributed by atoms with Crippen LogP contribution in [0.1, 0.15) is 11.4 Å². The van der Waals surface area contributed by atoms with Crippen LogP contribution in [0, 0.1) is 6.92 Å². The second-order valence-electron chi connectivity index (χ2n) is 3.39. The standard InChI is InChI=1S/C9H8F2N2O2S/c1-5-6(4-9(10,11)7(14)15)13-2-3-16-8(13)12-5/h2-3H,4H2,1H3,(H,14,15). The highest BCUT2D eigenvalue weighted by Crippen LogP contribution is 2.24. The molecule has 2 heterocycles. The van der Waals surface area contributed by atoms with Gasteiger partial charge in [-0.05, 0) is 6.92 Å². The van der Waals surface area contributed by atoms with Crippen LogP contribution in [0.15, 0.2) is 11.6 Å². The van der Waals surface area contributed by atoms with Crippen LogP contribution in [-0.4, -0.2) is 26.4 Å². The fraction of sp³-hybridized carbons (Fsp3) is 0.333. The van der Waals surface area contributed by atoms with Gasteiger partial charge >= 0.3 is 11.9 Å². The van der Waals surface area contributed by atoms with Crippen molar-refractivity contribution < 1.29 is 18.7 Å². The molecule has 0 bridgehead atoms. The molecule has 86 valence electrons. The van der Waals surface area contributed by atoms with Crippen LogP contribution in [0.4, 0.5) is 8.78 Å². The van der Waals surface area contributed by atoms with Gasteiger partial charge in [-0.15, -0.1) is 11.3 Å². The van der Waals surface area contributed by atoms with Crippen molar-refractivity contribution in [1.82, 2.24) is 9.38 Å². The minimum absolute atomic E-state index is 0.239. The third-order valence-electron chi connectivity index (χ3n) is 2.26. The summed E-state index contributed by atoms with van der Waals surface area (Å²) in [5.41, 5.74) is 0.677. The van der Waals surface area contributed by atoms with Crippen LogP contribution in [0.3, 0.4) is 0 Å². The molecule has 1 N–H and O–H groups in total. The second kappa shape index (κ2) is 3.51. The Kier molecular flexibility index (Phi) is 2.42. The Bertz CT molecular complexity index is 547. The Morgan fingerprint density at radius 2 is 2.38 bits per heavy atom. The zero-order chi connectivity index (χ0) is 11.9. The van der Waals surface area contributed by atoms with Crippen molar-refractivity contribution in [2.24, 2.45) is 0 Å². The van der Waals surface area contributed by atoms with Crippen molar-refractivity contribution in [1.29, 1.82) is 0 Å². The van der Waals surface area contributed by atoms with E-state index in [1.54, 1.807) is 18.5 Å². The summed E-state index contributed by atoms with van der Waals surface area (Å²) >= 11 is 1.32. The van der Waals surface area contributed by atoms with Crippen molar-refractivity contribution in [2.75, 3.05) is 0 Å². The maximum Gasteiger partial charge on any atom is 0.374 e. The van der Waals surface area contributed by atoms with E-state index in [4.69, 9.17) is 5.11 Å². The fourth-order valence-corrected chi connectivity index (χ4v) is 2.22. The average molecular weight is 246 g/mol. The summed E-state index contributed by atoms with van der Waals surface area (Å²) in [5, 5.41) is 10.1. The number of aliphatic carboxylic acids is 1. The van der Waals surface area contributed by atoms with E-state index in [2.05, 4.69) is 4.98 Å². The molecule has 0 aliphatic carbocycles. The number of nitrogens with zero attached hydrogens (tertiary/aromatic N) is 2. The molecule has 0 aromatic carbocycles. The minimum atomic E-state index is -3.76. The minimum Gasteiger partial charge on any atom is -0.477 e. The Labute approximate surface area is 93.2 Å². The van der Waals surface area contributed by atoms with Gasteiger partial charge in [0.25, 0.3) is 0 Å². The first-order valence-electron chi connectivity index (χ1n) is 4.44. The predicted octanol–water partition coefficient (Wildman–Crippen LogP) is 1.97. The van der Waals surface area contributed by atoms with E-state index in [1.807, 2.05) is 0 Å². The van der Waals surface area contributed by atoms with Crippen LogP contribution in [0.2, 0.25) is 0 Å². The second-order valence-corrected chi connectivity index (χ2v) is 4.26. The molecule has 0 saturated carbocycles. The van der Waals surface area contributed by atoms with E-state index in [9.17, 15) is 13.6 Å². The van der Waals surface area contributed by atoms with E-state index in [-0.39, 0.29) is 5.69 Å². The molecule has 2 aromatic heterocycles. The summed E-state index contributed by atoms with van der Waals surface area (Å²) in [5.74, 6) is -5.88. The molecule has 4 nitrogen and oxygen atoms in total. The smallest absolute Gasteiger partial charge is 0.374 e. The van der Waals surface area contributed by atoms with Gasteiger partial charge in [-0.2, -0.15) is 8.78 Å². The van der Waals surface area contributed by atoms with E-state index in [0.717, 1.165) is 0 Å². The zero-order valence-corrected chi connectivity index (χ0v) is 9.09. The van der Waals surface area contributed by atoms with E-state index < -0.39 is 18.3 Å². The number of carboxylic acid groups (broad SMARTS) is 1. The Hall–Kier alpha value is -1.50. The third-order valence-corrected chi connectivity index (χ3v) is 3.02. The molecule has 0 unspecified atom stereocenters. The fourth-order valence-electron chi connectivity index (χ4n) is 1.44. The molecule has 0 fully saturated rings. The van der Waals surface area contributed by atoms with Gasteiger partial charge in [-0.1, -0.05) is 0 Å². The highest BCUT2D eigenvalue weighted by atomic mass is 32.1. The van der Waals surface area contributed by atoms with Crippen molar-refractivity contribution in [3.05, 3.63) is 23.0 Å². The van der Waals surface area contributed by atoms with Crippen LogP contribution < -0.4 is 0 Å². The summed E-state index contributed by atoms with van der Waals surface area (Å²) < 4.78 is 27.7. The molecular weight excluding hydrogens is 238 g/mol. The number of aromatic nitrogens is 2. The monoisotopic (exact) mass is 246 g/mol. The summed E-state index contributed by atoms with van der Waals surface area (Å²) in [7, 11) is 0. The predicted molar refractivity (Wildman–Crippen MR) is 54.1 cm³/mol. The SMILES string of the molecule is Cc1nc2sccn2c1CC(F)(F)C(=O)O. The number of aryl methyl sites for hydroxylation is 1. The van der Waals surface area contributed by atoms with Crippen molar-refractivity contribution in [3.8, 4) is 0 Å². The molecule has 0 amide bonds. The Morgan fingerprint density at radius 3 is 3.00 bits per heavy atom. The van der Waals surface area contributed by atoms with E-state index >= 15 is 0 Å². The van der Waals surface area contributed by atoms with Gasteiger partial charge < -0.3 is 5.11 Å². The number of alkyl halides is 2. The number of fused-ring (bicyclic) bond motifs is 1. The topological polar surface area (TPSA) is 54.6 Å². The number of imidazole rings is 1. The Balaban J connectivity index is 2.44. The highest BCUT2D eigenvalue weighted by Gasteiger charge is 2.40. The van der Waals surface area contributed by atoms with Gasteiger partial charge in [-0.3, -0.25) is 4.40 Å². The highest BCUT2D eigenvalue weighted by molar-refractivity contribution is 7.15. The lowest BCUT2D eigenvalue weighted by Crippen LogP contribution is -2.31. The normalized spacial score (nSPS) is 12.2. The quantitative estimate of drug-likeness (QED) is 0.900. The number of hydrogen-bond donors (Lipinski definition) is 1. The van der Waals surface area contributed by atoms with Crippen LogP contribution in [-0.2, 0) is 11.2 Å². The van der Waals surface area contributed by atoms with Gasteiger partial charge in [-0.25, -0.2) is 9.78 Å². The van der Waals surface area contributed by atoms with Gasteiger partial charge in [0, 0.05) is 11.6 Å². The summed E-state index contributed by atoms with van der Waals surface area (Å²) in [6.07, 6.45) is 0.763. The molecule has 2 aromatic rings. The summed E-state index contributed by atoms with van der Waals surface area (Å²) in [6.45, 7) is 1.59. The van der Waals surface area contributed by atoms with Gasteiger partial charge in [0.05, 0.1) is 17.8 Å². The van der Waals surface area contributed by atoms with Crippen LogP contribution in [0.5, 0.6) is 0 Å². The maximum atomic E-state index is 13.1. The number of halogens is 2. The van der Waals surface area contributed by atoms with Gasteiger partial charge in [0.15, 0.2) is 4.96 Å². The molecule has 0 saturated heterocycles. The van der Waals surface area contributed by atoms with Crippen molar-refractivity contribution in [2.45, 2.75) is 19.3 Å². The Morgan fingerprint density at radius 1 is 1.69 bits per heavy atom. The molecule has 0 aliphatic rings. The number of thiazole rings is 1. The van der Waals surface area contributed by atoms with E-state index in [0.29, 0.717) is 10.7 Å². The number of rotatable bonds is 3. The number of carboxylic acids is 1. The number of hydrogen-bond acceptors (Lipinski definition) is 3. The maximum absolute atomic E-state index is 13.1. The summed E-state index contributed by atoms with van der Waals surface area (Å²) in [4.78, 5) is 15.0. The lowest BCUT2D eigenvalue weighted by molar-refractivity contribution is -0.164. The molecule has 16 heavy (non-hydrogen) atoms. The van der Waals surface area contributed by atoms with E-state index in [1.165, 1.54) is 15.7 Å². The van der Waals surface area contributed by atoms with Crippen molar-refractivity contribution >= 4 is 22.3 Å². The van der Waals surface area contributed by atoms with Crippen LogP contribution in [0.25, 0.3) is 4.96 Å². The molecular formula is C9H8F2N2O2S. The molecule has 0 aliphatic heterocycles. The van der Waals surface area contributed by atoms with Gasteiger partial charge in [0.1, 0.15) is 0 Å². The van der Waals surface area contributed by atoms with Crippen molar-refractivity contribution in [3.63, 3.8) is 0 Å². The molecule has 0 spiro atoms. The lowest BCUT2D eigenvalue weighted by Gasteiger charge is -2.10. The largest absolute Gasteiger partial charge is 0.477 e. The zero-order valence-electron chi connectivity index (χ0n) is 8.28.